The van der Waals surface area contributed by atoms with Crippen molar-refractivity contribution in [3.8, 4) is 45.0 Å². The number of hydrogen-bond donors (Lipinski definition) is 0. The smallest absolute Gasteiger partial charge is 0.131 e. The van der Waals surface area contributed by atoms with Crippen LogP contribution >= 0.6 is 0 Å². The second-order valence-electron chi connectivity index (χ2n) is 19.2. The molecule has 0 aliphatic rings. The average molecular weight is 955 g/mol. The number of para-hydroxylation sites is 6. The van der Waals surface area contributed by atoms with Crippen LogP contribution in [0.5, 0.6) is 0 Å². The van der Waals surface area contributed by atoms with Crippen LogP contribution in [0.3, 0.4) is 0 Å². The van der Waals surface area contributed by atoms with E-state index in [-0.39, 0.29) is 11.6 Å². The summed E-state index contributed by atoms with van der Waals surface area (Å²) < 4.78 is 44.0. The van der Waals surface area contributed by atoms with Gasteiger partial charge in [-0.25, -0.2) is 8.78 Å². The molecule has 0 aliphatic carbocycles. The van der Waals surface area contributed by atoms with Gasteiger partial charge in [0.15, 0.2) is 0 Å². The van der Waals surface area contributed by atoms with E-state index >= 15 is 8.78 Å². The van der Waals surface area contributed by atoms with Crippen molar-refractivity contribution in [2.24, 2.45) is 0 Å². The quantitative estimate of drug-likeness (QED) is 0.152. The molecule has 0 radical (unpaired) electrons. The highest BCUT2D eigenvalue weighted by Gasteiger charge is 2.30. The monoisotopic (exact) mass is 954 g/mol. The van der Waals surface area contributed by atoms with E-state index in [2.05, 4.69) is 213 Å². The number of nitrogens with zero attached hydrogens (tertiary/aromatic N) is 4. The van der Waals surface area contributed by atoms with Gasteiger partial charge in [-0.05, 0) is 90.8 Å². The van der Waals surface area contributed by atoms with E-state index in [9.17, 15) is 0 Å². The molecule has 4 aromatic heterocycles. The molecule has 0 saturated heterocycles. The summed E-state index contributed by atoms with van der Waals surface area (Å²) in [5, 5.41) is 8.68. The molecule has 6 heteroatoms. The molecular weight excluding hydrogens is 911 g/mol. The first-order valence-corrected chi connectivity index (χ1v) is 25.3. The van der Waals surface area contributed by atoms with Gasteiger partial charge in [-0.2, -0.15) is 0 Å². The third-order valence-electron chi connectivity index (χ3n) is 15.5. The van der Waals surface area contributed by atoms with Gasteiger partial charge in [-0.1, -0.05) is 165 Å². The topological polar surface area (TPSA) is 19.7 Å². The fourth-order valence-electron chi connectivity index (χ4n) is 12.6. The second kappa shape index (κ2) is 16.3. The van der Waals surface area contributed by atoms with Crippen molar-refractivity contribution < 1.29 is 8.78 Å². The summed E-state index contributed by atoms with van der Waals surface area (Å²) in [4.78, 5) is 0. The van der Waals surface area contributed by atoms with Gasteiger partial charge >= 0.3 is 0 Å². The van der Waals surface area contributed by atoms with Crippen LogP contribution in [0.4, 0.5) is 8.78 Å². The van der Waals surface area contributed by atoms with Gasteiger partial charge in [0.25, 0.3) is 0 Å². The Morgan fingerprint density at radius 3 is 1.07 bits per heavy atom. The fourth-order valence-corrected chi connectivity index (χ4v) is 12.6. The van der Waals surface area contributed by atoms with E-state index in [1.54, 1.807) is 24.3 Å². The lowest BCUT2D eigenvalue weighted by Crippen LogP contribution is -2.09. The molecule has 0 aliphatic heterocycles. The number of aromatic nitrogens is 4. The van der Waals surface area contributed by atoms with Crippen molar-refractivity contribution in [1.29, 1.82) is 0 Å². The van der Waals surface area contributed by atoms with Gasteiger partial charge in [0.05, 0.1) is 55.5 Å². The first kappa shape index (κ1) is 42.2. The molecule has 4 heterocycles. The minimum atomic E-state index is -0.352. The molecule has 0 bridgehead atoms. The van der Waals surface area contributed by atoms with Gasteiger partial charge < -0.3 is 18.3 Å². The Hall–Kier alpha value is -9.52. The summed E-state index contributed by atoms with van der Waals surface area (Å²) in [5.41, 5.74) is 15.1. The molecule has 0 unspecified atom stereocenters. The molecule has 0 saturated carbocycles. The first-order chi connectivity index (χ1) is 36.6. The largest absolute Gasteiger partial charge is 0.309 e. The molecule has 0 fully saturated rings. The Balaban J connectivity index is 1.20. The lowest BCUT2D eigenvalue weighted by molar-refractivity contribution is 0.630. The zero-order valence-corrected chi connectivity index (χ0v) is 40.3. The fraction of sp³-hybridized carbons (Fsp3) is 0.0294. The van der Waals surface area contributed by atoms with Crippen molar-refractivity contribution in [2.75, 3.05) is 0 Å². The van der Waals surface area contributed by atoms with Crippen LogP contribution in [0.15, 0.2) is 237 Å². The lowest BCUT2D eigenvalue weighted by Gasteiger charge is -2.26. The molecule has 4 nitrogen and oxygen atoms in total. The Morgan fingerprint density at radius 1 is 0.311 bits per heavy atom. The van der Waals surface area contributed by atoms with Gasteiger partial charge in [-0.3, -0.25) is 0 Å². The summed E-state index contributed by atoms with van der Waals surface area (Å²) >= 11 is 0. The first-order valence-electron chi connectivity index (χ1n) is 25.3. The van der Waals surface area contributed by atoms with Gasteiger partial charge in [0.1, 0.15) is 11.6 Å². The van der Waals surface area contributed by atoms with Crippen LogP contribution in [-0.2, 0) is 6.42 Å². The average Bonchev–Trinajstić information content (AvgIpc) is 4.20. The van der Waals surface area contributed by atoms with Crippen LogP contribution in [0, 0.1) is 11.6 Å². The summed E-state index contributed by atoms with van der Waals surface area (Å²) in [5.74, 6) is -0.704. The van der Waals surface area contributed by atoms with Gasteiger partial charge in [0.2, 0.25) is 0 Å². The predicted octanol–water partition coefficient (Wildman–Crippen LogP) is 18.2. The zero-order chi connectivity index (χ0) is 49.2. The zero-order valence-electron chi connectivity index (χ0n) is 40.3. The van der Waals surface area contributed by atoms with Crippen LogP contribution < -0.4 is 0 Å². The summed E-state index contributed by atoms with van der Waals surface area (Å²) in [6.45, 7) is 2.12. The highest BCUT2D eigenvalue weighted by Crippen LogP contribution is 2.50. The second-order valence-corrected chi connectivity index (χ2v) is 19.2. The molecule has 11 aromatic carbocycles. The summed E-state index contributed by atoms with van der Waals surface area (Å²) in [6.07, 6.45) is 0.466. The van der Waals surface area contributed by atoms with Crippen molar-refractivity contribution in [3.63, 3.8) is 0 Å². The molecule has 350 valence electrons. The maximum absolute atomic E-state index is 17.3. The molecule has 74 heavy (non-hydrogen) atoms. The molecule has 0 atom stereocenters. The number of halogens is 2. The summed E-state index contributed by atoms with van der Waals surface area (Å²) in [7, 11) is 0. The Bertz CT molecular complexity index is 4480. The standard InChI is InChI=1S/C68H44F2N4/c1-2-44-63(49-27-9-15-31-53(49)69)61(73-55-33-17-11-25-45(55)47-37-39-59-65(67(47)73)51-29-13-19-35-57(51)71(59)42-21-5-3-6-22-42)41-62(64(44)50-28-10-16-32-54(50)70)74-56-34-18-12-26-46(56)48-38-40-60-66(68(48)74)52-30-14-20-36-58(52)72(60)43-23-7-4-8-24-43/h3-41H,2H2,1H3. The van der Waals surface area contributed by atoms with Crippen molar-refractivity contribution in [2.45, 2.75) is 13.3 Å². The van der Waals surface area contributed by atoms with Crippen molar-refractivity contribution >= 4 is 87.2 Å². The Labute approximate surface area is 424 Å². The third-order valence-corrected chi connectivity index (χ3v) is 15.5. The minimum absolute atomic E-state index is 0.352. The highest BCUT2D eigenvalue weighted by molar-refractivity contribution is 6.28. The highest BCUT2D eigenvalue weighted by atomic mass is 19.1. The van der Waals surface area contributed by atoms with E-state index in [1.807, 2.05) is 24.3 Å². The van der Waals surface area contributed by atoms with Gasteiger partial charge in [-0.15, -0.1) is 0 Å². The van der Waals surface area contributed by atoms with E-state index < -0.39 is 0 Å². The Kier molecular flexibility index (Phi) is 9.27. The van der Waals surface area contributed by atoms with Crippen molar-refractivity contribution in [1.82, 2.24) is 18.3 Å². The van der Waals surface area contributed by atoms with Gasteiger partial charge in [0, 0.05) is 76.7 Å². The predicted molar refractivity (Wildman–Crippen MR) is 304 cm³/mol. The van der Waals surface area contributed by atoms with E-state index in [0.717, 1.165) is 116 Å². The molecule has 0 spiro atoms. The molecular formula is C68H44F2N4. The minimum Gasteiger partial charge on any atom is -0.309 e. The SMILES string of the molecule is CCc1c(-c2ccccc2F)c(-n2c3ccccc3c3ccc4c(c5ccccc5n4-c4ccccc4)c32)cc(-n2c3ccccc3c3ccc4c(c5ccccc5n4-c4ccccc4)c32)c1-c1ccccc1F. The number of rotatable bonds is 7. The van der Waals surface area contributed by atoms with E-state index in [4.69, 9.17) is 0 Å². The van der Waals surface area contributed by atoms with E-state index in [0.29, 0.717) is 28.7 Å². The number of benzene rings is 11. The normalized spacial score (nSPS) is 12.0. The molecule has 15 rings (SSSR count). The third kappa shape index (κ3) is 5.88. The maximum Gasteiger partial charge on any atom is 0.131 e. The van der Waals surface area contributed by atoms with Crippen LogP contribution in [-0.4, -0.2) is 18.3 Å². The van der Waals surface area contributed by atoms with Crippen molar-refractivity contribution in [3.05, 3.63) is 254 Å². The molecule has 15 aromatic rings. The summed E-state index contributed by atoms with van der Waals surface area (Å²) in [6, 6.07) is 80.8. The number of fused-ring (bicyclic) bond motifs is 14. The Morgan fingerprint density at radius 2 is 0.662 bits per heavy atom. The molecule has 0 amide bonds. The lowest BCUT2D eigenvalue weighted by atomic mass is 9.86. The number of hydrogen-bond acceptors (Lipinski definition) is 0. The van der Waals surface area contributed by atoms with E-state index in [1.165, 1.54) is 0 Å². The molecule has 0 N–H and O–H groups in total. The van der Waals surface area contributed by atoms with Crippen LogP contribution in [0.25, 0.3) is 132 Å². The van der Waals surface area contributed by atoms with Crippen LogP contribution in [0.2, 0.25) is 0 Å². The maximum atomic E-state index is 17.3. The van der Waals surface area contributed by atoms with Crippen LogP contribution in [0.1, 0.15) is 12.5 Å².